The summed E-state index contributed by atoms with van der Waals surface area (Å²) in [7, 11) is -1.80. The van der Waals surface area contributed by atoms with Crippen molar-refractivity contribution in [3.63, 3.8) is 0 Å². The second-order valence-corrected chi connectivity index (χ2v) is 10.8. The van der Waals surface area contributed by atoms with E-state index in [1.54, 1.807) is 18.2 Å². The van der Waals surface area contributed by atoms with E-state index in [1.807, 2.05) is 0 Å². The maximum atomic E-state index is 13.9. The average molecular weight is 552 g/mol. The van der Waals surface area contributed by atoms with Gasteiger partial charge in [-0.1, -0.05) is 36.4 Å². The monoisotopic (exact) mass is 551 g/mol. The van der Waals surface area contributed by atoms with Gasteiger partial charge in [0.05, 0.1) is 29.6 Å². The Hall–Kier alpha value is -4.78. The minimum Gasteiger partial charge on any atom is -0.493 e. The van der Waals surface area contributed by atoms with Gasteiger partial charge in [0.1, 0.15) is 11.6 Å². The van der Waals surface area contributed by atoms with Gasteiger partial charge >= 0.3 is 0 Å². The number of hydrogen-bond donors (Lipinski definition) is 0. The van der Waals surface area contributed by atoms with Gasteiger partial charge in [-0.05, 0) is 31.2 Å². The summed E-state index contributed by atoms with van der Waals surface area (Å²) in [6.07, 6.45) is 0. The number of para-hydroxylation sites is 1. The minimum absolute atomic E-state index is 0.0829. The molecule has 2 unspecified atom stereocenters. The summed E-state index contributed by atoms with van der Waals surface area (Å²) < 4.78 is 39.0. The number of β-lactam (4-membered cyclic amide) rings is 1. The van der Waals surface area contributed by atoms with Crippen LogP contribution in [0.1, 0.15) is 39.2 Å². The third kappa shape index (κ3) is 3.43. The molecule has 13 heteroatoms. The molecule has 2 atom stereocenters. The number of nitro groups is 1. The lowest BCUT2D eigenvalue weighted by atomic mass is 9.76. The summed E-state index contributed by atoms with van der Waals surface area (Å²) >= 11 is 0. The standard InChI is InChI=1S/C26H21N3O9S/c1-26(27-23(30)16-11-7-13-18(29(33)34)20(16)24(27)31)22(17-12-8-14-19(37-2)21(17)38-3)28(25(26)32)39(35,36)15-9-5-4-6-10-15/h4-14,22H,1-3H3. The fraction of sp³-hybridized carbons (Fsp3) is 0.192. The Balaban J connectivity index is 1.74. The number of nitrogens with zero attached hydrogens (tertiary/aromatic N) is 3. The number of ether oxygens (including phenoxy) is 2. The number of hydrogen-bond acceptors (Lipinski definition) is 9. The van der Waals surface area contributed by atoms with Crippen LogP contribution in [0.5, 0.6) is 11.5 Å². The van der Waals surface area contributed by atoms with Crippen molar-refractivity contribution < 1.29 is 37.2 Å². The van der Waals surface area contributed by atoms with E-state index >= 15 is 0 Å². The van der Waals surface area contributed by atoms with Crippen molar-refractivity contribution in [2.75, 3.05) is 14.2 Å². The lowest BCUT2D eigenvalue weighted by Gasteiger charge is -2.55. The van der Waals surface area contributed by atoms with Crippen LogP contribution in [0.2, 0.25) is 0 Å². The molecule has 3 aromatic rings. The first-order chi connectivity index (χ1) is 18.5. The number of sulfonamides is 1. The van der Waals surface area contributed by atoms with Gasteiger partial charge in [0, 0.05) is 11.6 Å². The minimum atomic E-state index is -4.49. The largest absolute Gasteiger partial charge is 0.493 e. The number of methoxy groups -OCH3 is 2. The summed E-state index contributed by atoms with van der Waals surface area (Å²) in [6.45, 7) is 1.25. The summed E-state index contributed by atoms with van der Waals surface area (Å²) in [5, 5.41) is 11.6. The molecular formula is C26H21N3O9S. The molecular weight excluding hydrogens is 530 g/mol. The van der Waals surface area contributed by atoms with E-state index in [0.29, 0.717) is 9.21 Å². The molecule has 200 valence electrons. The zero-order valence-electron chi connectivity index (χ0n) is 20.9. The van der Waals surface area contributed by atoms with Crippen LogP contribution in [0.15, 0.2) is 71.6 Å². The van der Waals surface area contributed by atoms with Crippen molar-refractivity contribution in [2.24, 2.45) is 0 Å². The SMILES string of the molecule is COc1cccc(C2N(S(=O)(=O)c3ccccc3)C(=O)C2(C)N2C(=O)c3cccc([N+](=O)[O-])c3C2=O)c1OC. The number of amides is 3. The number of benzene rings is 3. The van der Waals surface area contributed by atoms with Gasteiger partial charge in [-0.15, -0.1) is 0 Å². The summed E-state index contributed by atoms with van der Waals surface area (Å²) in [5.74, 6) is -2.82. The Kier molecular flexibility index (Phi) is 5.91. The third-order valence-corrected chi connectivity index (χ3v) is 8.74. The van der Waals surface area contributed by atoms with Crippen molar-refractivity contribution >= 4 is 33.4 Å². The van der Waals surface area contributed by atoms with Crippen LogP contribution in [-0.4, -0.2) is 60.0 Å². The van der Waals surface area contributed by atoms with Crippen LogP contribution in [-0.2, 0) is 14.8 Å². The topological polar surface area (TPSA) is 153 Å². The van der Waals surface area contributed by atoms with Gasteiger partial charge in [-0.3, -0.25) is 29.4 Å². The second kappa shape index (κ2) is 8.91. The number of rotatable bonds is 7. The number of nitro benzene ring substituents is 1. The van der Waals surface area contributed by atoms with Crippen LogP contribution in [0.3, 0.4) is 0 Å². The third-order valence-electron chi connectivity index (χ3n) is 6.98. The number of fused-ring (bicyclic) bond motifs is 1. The van der Waals surface area contributed by atoms with Crippen molar-refractivity contribution in [1.82, 2.24) is 9.21 Å². The highest BCUT2D eigenvalue weighted by Gasteiger charge is 2.70. The van der Waals surface area contributed by atoms with E-state index in [2.05, 4.69) is 0 Å². The molecule has 0 saturated carbocycles. The lowest BCUT2D eigenvalue weighted by molar-refractivity contribution is -0.385. The molecule has 2 aliphatic heterocycles. The Morgan fingerprint density at radius 3 is 2.18 bits per heavy atom. The molecule has 1 saturated heterocycles. The fourth-order valence-electron chi connectivity index (χ4n) is 5.19. The zero-order valence-corrected chi connectivity index (χ0v) is 21.7. The molecule has 3 aromatic carbocycles. The van der Waals surface area contributed by atoms with Crippen LogP contribution < -0.4 is 9.47 Å². The van der Waals surface area contributed by atoms with E-state index in [0.717, 1.165) is 6.07 Å². The van der Waals surface area contributed by atoms with Gasteiger partial charge < -0.3 is 9.47 Å². The Labute approximate surface area is 222 Å². The highest BCUT2D eigenvalue weighted by atomic mass is 32.2. The first-order valence-corrected chi connectivity index (χ1v) is 13.0. The Bertz CT molecular complexity index is 1670. The van der Waals surface area contributed by atoms with Crippen LogP contribution in [0.25, 0.3) is 0 Å². The highest BCUT2D eigenvalue weighted by molar-refractivity contribution is 7.89. The number of imide groups is 1. The molecule has 3 amide bonds. The molecule has 2 aliphatic rings. The highest BCUT2D eigenvalue weighted by Crippen LogP contribution is 2.55. The van der Waals surface area contributed by atoms with E-state index in [1.165, 1.54) is 63.6 Å². The summed E-state index contributed by atoms with van der Waals surface area (Å²) in [5.41, 5.74) is -3.29. The van der Waals surface area contributed by atoms with Crippen molar-refractivity contribution in [1.29, 1.82) is 0 Å². The molecule has 0 radical (unpaired) electrons. The van der Waals surface area contributed by atoms with Crippen LogP contribution in [0.4, 0.5) is 5.69 Å². The molecule has 0 aromatic heterocycles. The maximum absolute atomic E-state index is 13.9. The Morgan fingerprint density at radius 2 is 1.56 bits per heavy atom. The molecule has 39 heavy (non-hydrogen) atoms. The number of carbonyl (C=O) groups is 3. The molecule has 0 aliphatic carbocycles. The average Bonchev–Trinajstić information content (AvgIpc) is 3.20. The maximum Gasteiger partial charge on any atom is 0.282 e. The molecule has 12 nitrogen and oxygen atoms in total. The first kappa shape index (κ1) is 25.9. The zero-order chi connectivity index (χ0) is 28.3. The van der Waals surface area contributed by atoms with Gasteiger partial charge in [-0.25, -0.2) is 12.7 Å². The normalized spacial score (nSPS) is 20.5. The smallest absolute Gasteiger partial charge is 0.282 e. The van der Waals surface area contributed by atoms with Crippen molar-refractivity contribution in [3.05, 3.63) is 93.5 Å². The predicted octanol–water partition coefficient (Wildman–Crippen LogP) is 2.94. The number of carbonyl (C=O) groups excluding carboxylic acids is 3. The van der Waals surface area contributed by atoms with E-state index in [9.17, 15) is 32.9 Å². The molecule has 0 bridgehead atoms. The van der Waals surface area contributed by atoms with Crippen LogP contribution in [0, 0.1) is 10.1 Å². The van der Waals surface area contributed by atoms with Crippen molar-refractivity contribution in [3.8, 4) is 11.5 Å². The van der Waals surface area contributed by atoms with Crippen molar-refractivity contribution in [2.45, 2.75) is 23.4 Å². The summed E-state index contributed by atoms with van der Waals surface area (Å²) in [4.78, 5) is 52.3. The molecule has 5 rings (SSSR count). The van der Waals surface area contributed by atoms with Gasteiger partial charge in [-0.2, -0.15) is 0 Å². The molecule has 0 spiro atoms. The second-order valence-electron chi connectivity index (χ2n) is 8.95. The van der Waals surface area contributed by atoms with Gasteiger partial charge in [0.2, 0.25) is 0 Å². The van der Waals surface area contributed by atoms with Crippen LogP contribution >= 0.6 is 0 Å². The predicted molar refractivity (Wildman–Crippen MR) is 135 cm³/mol. The quantitative estimate of drug-likeness (QED) is 0.187. The van der Waals surface area contributed by atoms with Gasteiger partial charge in [0.25, 0.3) is 33.4 Å². The first-order valence-electron chi connectivity index (χ1n) is 11.5. The van der Waals surface area contributed by atoms with Gasteiger partial charge in [0.15, 0.2) is 17.0 Å². The summed E-state index contributed by atoms with van der Waals surface area (Å²) in [6, 6.07) is 13.9. The van der Waals surface area contributed by atoms with E-state index in [-0.39, 0.29) is 27.5 Å². The lowest BCUT2D eigenvalue weighted by Crippen LogP contribution is -2.75. The molecule has 0 N–H and O–H groups in total. The van der Waals surface area contributed by atoms with E-state index in [4.69, 9.17) is 9.47 Å². The Morgan fingerprint density at radius 1 is 0.897 bits per heavy atom. The fourth-order valence-corrected chi connectivity index (χ4v) is 6.92. The van der Waals surface area contributed by atoms with E-state index < -0.39 is 55.5 Å². The molecule has 2 heterocycles. The molecule has 1 fully saturated rings.